The van der Waals surface area contributed by atoms with Gasteiger partial charge >= 0.3 is 0 Å². The summed E-state index contributed by atoms with van der Waals surface area (Å²) in [6, 6.07) is 20.5. The van der Waals surface area contributed by atoms with E-state index in [1.807, 2.05) is 0 Å². The van der Waals surface area contributed by atoms with Crippen molar-refractivity contribution in [2.45, 2.75) is 75.5 Å². The van der Waals surface area contributed by atoms with Gasteiger partial charge in [0.1, 0.15) is 0 Å². The Kier molecular flexibility index (Phi) is 8.92. The highest BCUT2D eigenvalue weighted by molar-refractivity contribution is 7.85. The SMILES string of the molecule is CS(=O)(=O)O.c1ccc(-c2ccccc2P(C2CCCCC2)C2CCCCC2)cc1. The van der Waals surface area contributed by atoms with E-state index in [0.717, 1.165) is 11.3 Å². The van der Waals surface area contributed by atoms with Crippen molar-refractivity contribution in [2.75, 3.05) is 6.26 Å². The van der Waals surface area contributed by atoms with Gasteiger partial charge in [0, 0.05) is 0 Å². The van der Waals surface area contributed by atoms with Crippen LogP contribution in [0, 0.1) is 0 Å². The maximum absolute atomic E-state index is 9.19. The maximum Gasteiger partial charge on any atom is 0.261 e. The van der Waals surface area contributed by atoms with Gasteiger partial charge in [-0.25, -0.2) is 0 Å². The molecular weight excluding hydrogens is 411 g/mol. The molecule has 164 valence electrons. The molecular formula is C25H35O3PS. The summed E-state index contributed by atoms with van der Waals surface area (Å²) in [7, 11) is -3.70. The van der Waals surface area contributed by atoms with Crippen LogP contribution >= 0.6 is 7.92 Å². The molecule has 4 rings (SSSR count). The van der Waals surface area contributed by atoms with Crippen LogP contribution < -0.4 is 5.30 Å². The Morgan fingerprint density at radius 1 is 0.733 bits per heavy atom. The first-order valence-corrected chi connectivity index (χ1v) is 14.6. The van der Waals surface area contributed by atoms with E-state index in [9.17, 15) is 8.42 Å². The van der Waals surface area contributed by atoms with Crippen molar-refractivity contribution in [2.24, 2.45) is 0 Å². The quantitative estimate of drug-likeness (QED) is 0.424. The van der Waals surface area contributed by atoms with Gasteiger partial charge in [-0.1, -0.05) is 101 Å². The lowest BCUT2D eigenvalue weighted by atomic mass is 9.99. The highest BCUT2D eigenvalue weighted by Crippen LogP contribution is 2.56. The van der Waals surface area contributed by atoms with Crippen LogP contribution in [0.4, 0.5) is 0 Å². The lowest BCUT2D eigenvalue weighted by molar-refractivity contribution is 0.487. The third-order valence-electron chi connectivity index (χ3n) is 6.20. The van der Waals surface area contributed by atoms with Gasteiger partial charge in [-0.05, 0) is 53.4 Å². The van der Waals surface area contributed by atoms with Crippen LogP contribution in [0.25, 0.3) is 11.1 Å². The molecule has 2 aliphatic carbocycles. The van der Waals surface area contributed by atoms with Gasteiger partial charge in [0.05, 0.1) is 6.26 Å². The normalized spacial score (nSPS) is 18.6. The molecule has 2 aliphatic rings. The van der Waals surface area contributed by atoms with Crippen molar-refractivity contribution in [1.82, 2.24) is 0 Å². The van der Waals surface area contributed by atoms with Crippen LogP contribution in [-0.2, 0) is 10.1 Å². The molecule has 5 heteroatoms. The summed E-state index contributed by atoms with van der Waals surface area (Å²) in [6.45, 7) is 0. The van der Waals surface area contributed by atoms with E-state index >= 15 is 0 Å². The van der Waals surface area contributed by atoms with Gasteiger partial charge in [0.25, 0.3) is 10.1 Å². The second-order valence-corrected chi connectivity index (χ2v) is 12.8. The fourth-order valence-electron chi connectivity index (χ4n) is 4.97. The summed E-state index contributed by atoms with van der Waals surface area (Å²) in [5, 5.41) is 1.71. The van der Waals surface area contributed by atoms with E-state index in [2.05, 4.69) is 54.6 Å². The molecule has 0 heterocycles. The zero-order valence-electron chi connectivity index (χ0n) is 18.0. The van der Waals surface area contributed by atoms with Crippen molar-refractivity contribution < 1.29 is 13.0 Å². The fourth-order valence-corrected chi connectivity index (χ4v) is 8.94. The summed E-state index contributed by atoms with van der Waals surface area (Å²) >= 11 is 0. The Bertz CT molecular complexity index is 844. The molecule has 2 aromatic rings. The van der Waals surface area contributed by atoms with Gasteiger partial charge in [0.2, 0.25) is 0 Å². The molecule has 0 saturated heterocycles. The van der Waals surface area contributed by atoms with E-state index in [-0.39, 0.29) is 7.92 Å². The molecule has 0 atom stereocenters. The third kappa shape index (κ3) is 7.18. The summed E-state index contributed by atoms with van der Waals surface area (Å²) < 4.78 is 25.9. The van der Waals surface area contributed by atoms with Crippen LogP contribution in [0.15, 0.2) is 54.6 Å². The van der Waals surface area contributed by atoms with Crippen molar-refractivity contribution >= 4 is 23.3 Å². The highest BCUT2D eigenvalue weighted by Gasteiger charge is 2.33. The lowest BCUT2D eigenvalue weighted by Gasteiger charge is -2.39. The fraction of sp³-hybridized carbons (Fsp3) is 0.520. The smallest absolute Gasteiger partial charge is 0.261 e. The summed E-state index contributed by atoms with van der Waals surface area (Å²) in [6.07, 6.45) is 15.4. The molecule has 2 saturated carbocycles. The topological polar surface area (TPSA) is 54.4 Å². The van der Waals surface area contributed by atoms with E-state index in [4.69, 9.17) is 4.55 Å². The van der Waals surface area contributed by atoms with Crippen molar-refractivity contribution in [1.29, 1.82) is 0 Å². The minimum absolute atomic E-state index is 0.0365. The molecule has 2 aromatic carbocycles. The minimum atomic E-state index is -3.67. The minimum Gasteiger partial charge on any atom is -0.286 e. The molecule has 1 N–H and O–H groups in total. The average Bonchev–Trinajstić information content (AvgIpc) is 2.75. The standard InChI is InChI=1S/C24H31P.CH4O3S/c1-4-12-20(13-5-1)23-18-10-11-19-24(23)25(21-14-6-2-7-15-21)22-16-8-3-9-17-22;1-5(2,3)4/h1,4-5,10-13,18-19,21-22H,2-3,6-9,14-17H2;1H3,(H,2,3,4). The van der Waals surface area contributed by atoms with Crippen molar-refractivity contribution in [3.8, 4) is 11.1 Å². The molecule has 0 bridgehead atoms. The average molecular weight is 447 g/mol. The van der Waals surface area contributed by atoms with E-state index in [0.29, 0.717) is 6.26 Å². The highest BCUT2D eigenvalue weighted by atomic mass is 32.2. The number of benzene rings is 2. The number of hydrogen-bond acceptors (Lipinski definition) is 2. The van der Waals surface area contributed by atoms with Gasteiger partial charge in [-0.3, -0.25) is 4.55 Å². The van der Waals surface area contributed by atoms with Gasteiger partial charge in [-0.15, -0.1) is 0 Å². The monoisotopic (exact) mass is 446 g/mol. The Hall–Kier alpha value is -1.22. The maximum atomic E-state index is 9.19. The Morgan fingerprint density at radius 3 is 1.67 bits per heavy atom. The largest absolute Gasteiger partial charge is 0.286 e. The van der Waals surface area contributed by atoms with Crippen LogP contribution in [0.1, 0.15) is 64.2 Å². The van der Waals surface area contributed by atoms with E-state index in [1.54, 1.807) is 5.30 Å². The molecule has 0 aliphatic heterocycles. The zero-order valence-corrected chi connectivity index (χ0v) is 19.8. The zero-order chi connectivity index (χ0) is 21.4. The summed E-state index contributed by atoms with van der Waals surface area (Å²) in [4.78, 5) is 0. The van der Waals surface area contributed by atoms with Crippen LogP contribution in [0.2, 0.25) is 0 Å². The first-order chi connectivity index (χ1) is 14.4. The molecule has 30 heavy (non-hydrogen) atoms. The molecule has 2 fully saturated rings. The summed E-state index contributed by atoms with van der Waals surface area (Å²) in [5.74, 6) is 0. The molecule has 0 aromatic heterocycles. The first kappa shape index (κ1) is 23.4. The van der Waals surface area contributed by atoms with E-state index in [1.165, 1.54) is 75.3 Å². The number of hydrogen-bond donors (Lipinski definition) is 1. The van der Waals surface area contributed by atoms with Crippen molar-refractivity contribution in [3.63, 3.8) is 0 Å². The Labute approximate surface area is 183 Å². The second kappa shape index (κ2) is 11.4. The predicted octanol–water partition coefficient (Wildman–Crippen LogP) is 6.63. The second-order valence-electron chi connectivity index (χ2n) is 8.61. The van der Waals surface area contributed by atoms with Gasteiger partial charge in [-0.2, -0.15) is 8.42 Å². The van der Waals surface area contributed by atoms with Gasteiger partial charge in [0.15, 0.2) is 0 Å². The Morgan fingerprint density at radius 2 is 1.17 bits per heavy atom. The van der Waals surface area contributed by atoms with Crippen molar-refractivity contribution in [3.05, 3.63) is 54.6 Å². The lowest BCUT2D eigenvalue weighted by Crippen LogP contribution is -2.27. The molecule has 0 spiro atoms. The summed E-state index contributed by atoms with van der Waals surface area (Å²) in [5.41, 5.74) is 4.87. The van der Waals surface area contributed by atoms with Crippen LogP contribution in [-0.4, -0.2) is 30.5 Å². The third-order valence-corrected chi connectivity index (χ3v) is 9.76. The van der Waals surface area contributed by atoms with E-state index < -0.39 is 10.1 Å². The molecule has 0 radical (unpaired) electrons. The van der Waals surface area contributed by atoms with Crippen LogP contribution in [0.5, 0.6) is 0 Å². The first-order valence-electron chi connectivity index (χ1n) is 11.3. The number of rotatable bonds is 4. The Balaban J connectivity index is 0.000000461. The molecule has 0 amide bonds. The van der Waals surface area contributed by atoms with Crippen LogP contribution in [0.3, 0.4) is 0 Å². The molecule has 0 unspecified atom stereocenters. The predicted molar refractivity (Wildman–Crippen MR) is 130 cm³/mol. The van der Waals surface area contributed by atoms with Gasteiger partial charge < -0.3 is 0 Å². The molecule has 3 nitrogen and oxygen atoms in total.